The molecule has 0 heterocycles. The van der Waals surface area contributed by atoms with Gasteiger partial charge in [-0.3, -0.25) is 0 Å². The fourth-order valence-electron chi connectivity index (χ4n) is 0.938. The zero-order chi connectivity index (χ0) is 7.61. The molecule has 1 aliphatic carbocycles. The van der Waals surface area contributed by atoms with Gasteiger partial charge in [-0.25, -0.2) is 0 Å². The summed E-state index contributed by atoms with van der Waals surface area (Å²) in [5.74, 6) is 0. The first-order chi connectivity index (χ1) is 4.68. The lowest BCUT2D eigenvalue weighted by Gasteiger charge is -2.00. The van der Waals surface area contributed by atoms with Crippen LogP contribution in [0.2, 0.25) is 0 Å². The van der Waals surface area contributed by atoms with Gasteiger partial charge in [0.2, 0.25) is 0 Å². The Labute approximate surface area is 62.1 Å². The molecule has 1 nitrogen and oxygen atoms in total. The summed E-state index contributed by atoms with van der Waals surface area (Å²) >= 11 is 0. The quantitative estimate of drug-likeness (QED) is 0.432. The molecule has 1 aliphatic rings. The molecule has 0 bridgehead atoms. The summed E-state index contributed by atoms with van der Waals surface area (Å²) in [5, 5.41) is 0. The molecule has 1 fully saturated rings. The van der Waals surface area contributed by atoms with E-state index in [1.165, 1.54) is 5.57 Å². The third-order valence-corrected chi connectivity index (χ3v) is 2.06. The Balaban J connectivity index is 2.38. The number of hydrogen-bond acceptors (Lipinski definition) is 1. The molecule has 0 aromatic carbocycles. The van der Waals surface area contributed by atoms with Crippen molar-refractivity contribution in [1.82, 2.24) is 0 Å². The highest BCUT2D eigenvalue weighted by atomic mass is 16.1. The Morgan fingerprint density at radius 3 is 2.40 bits per heavy atom. The summed E-state index contributed by atoms with van der Waals surface area (Å²) in [6.45, 7) is 4.14. The van der Waals surface area contributed by atoms with Crippen LogP contribution in [0.3, 0.4) is 0 Å². The van der Waals surface area contributed by atoms with Crippen LogP contribution in [-0.2, 0) is 4.79 Å². The van der Waals surface area contributed by atoms with E-state index in [-0.39, 0.29) is 5.41 Å². The van der Waals surface area contributed by atoms with Gasteiger partial charge in [-0.15, -0.1) is 0 Å². The zero-order valence-electron chi connectivity index (χ0n) is 6.68. The van der Waals surface area contributed by atoms with Crippen molar-refractivity contribution in [2.75, 3.05) is 0 Å². The summed E-state index contributed by atoms with van der Waals surface area (Å²) in [6, 6.07) is 0. The second kappa shape index (κ2) is 2.57. The van der Waals surface area contributed by atoms with E-state index in [4.69, 9.17) is 0 Å². The van der Waals surface area contributed by atoms with Gasteiger partial charge >= 0.3 is 0 Å². The largest absolute Gasteiger partial charge is 0.303 e. The van der Waals surface area contributed by atoms with Crippen molar-refractivity contribution in [3.05, 3.63) is 11.6 Å². The smallest absolute Gasteiger partial charge is 0.126 e. The van der Waals surface area contributed by atoms with E-state index in [9.17, 15) is 4.79 Å². The van der Waals surface area contributed by atoms with Gasteiger partial charge in [-0.1, -0.05) is 11.6 Å². The molecule has 0 aromatic heterocycles. The van der Waals surface area contributed by atoms with Gasteiger partial charge in [0.15, 0.2) is 0 Å². The van der Waals surface area contributed by atoms with Gasteiger partial charge in [-0.2, -0.15) is 0 Å². The highest BCUT2D eigenvalue weighted by molar-refractivity contribution is 5.63. The Morgan fingerprint density at radius 2 is 2.10 bits per heavy atom. The van der Waals surface area contributed by atoms with Gasteiger partial charge in [0.1, 0.15) is 6.29 Å². The summed E-state index contributed by atoms with van der Waals surface area (Å²) < 4.78 is 0. The lowest BCUT2D eigenvalue weighted by Crippen LogP contribution is -1.98. The first-order valence-electron chi connectivity index (χ1n) is 3.78. The second-order valence-corrected chi connectivity index (χ2v) is 3.47. The summed E-state index contributed by atoms with van der Waals surface area (Å²) in [6.07, 6.45) is 6.42. The Hall–Kier alpha value is -0.590. The average molecular weight is 138 g/mol. The van der Waals surface area contributed by atoms with Gasteiger partial charge in [0, 0.05) is 5.41 Å². The van der Waals surface area contributed by atoms with Gasteiger partial charge in [-0.05, 0) is 33.1 Å². The molecule has 0 unspecified atom stereocenters. The topological polar surface area (TPSA) is 17.1 Å². The summed E-state index contributed by atoms with van der Waals surface area (Å²) in [4.78, 5) is 10.5. The van der Waals surface area contributed by atoms with E-state index in [1.807, 2.05) is 0 Å². The molecule has 0 amide bonds. The molecule has 0 aromatic rings. The van der Waals surface area contributed by atoms with Crippen LogP contribution in [0, 0.1) is 5.41 Å². The number of rotatable bonds is 3. The normalized spacial score (nSPS) is 19.8. The fraction of sp³-hybridized carbons (Fsp3) is 0.667. The lowest BCUT2D eigenvalue weighted by atomic mass is 10.0. The predicted molar refractivity (Wildman–Crippen MR) is 41.8 cm³/mol. The summed E-state index contributed by atoms with van der Waals surface area (Å²) in [5.41, 5.74) is 1.38. The Kier molecular flexibility index (Phi) is 1.93. The van der Waals surface area contributed by atoms with Crippen LogP contribution >= 0.6 is 0 Å². The van der Waals surface area contributed by atoms with Gasteiger partial charge in [0.25, 0.3) is 0 Å². The minimum absolute atomic E-state index is 0.0667. The van der Waals surface area contributed by atoms with Crippen molar-refractivity contribution in [2.24, 2.45) is 5.41 Å². The molecule has 0 radical (unpaired) electrons. The number of aldehydes is 1. The Bertz CT molecular complexity index is 160. The van der Waals surface area contributed by atoms with Gasteiger partial charge in [0.05, 0.1) is 0 Å². The van der Waals surface area contributed by atoms with Gasteiger partial charge < -0.3 is 4.79 Å². The monoisotopic (exact) mass is 138 g/mol. The van der Waals surface area contributed by atoms with Crippen LogP contribution in [0.25, 0.3) is 0 Å². The average Bonchev–Trinajstić information content (AvgIpc) is 2.64. The zero-order valence-corrected chi connectivity index (χ0v) is 6.68. The minimum Gasteiger partial charge on any atom is -0.303 e. The van der Waals surface area contributed by atoms with Crippen molar-refractivity contribution in [3.63, 3.8) is 0 Å². The van der Waals surface area contributed by atoms with Crippen molar-refractivity contribution >= 4 is 6.29 Å². The van der Waals surface area contributed by atoms with Crippen molar-refractivity contribution in [1.29, 1.82) is 0 Å². The van der Waals surface area contributed by atoms with Crippen molar-refractivity contribution < 1.29 is 4.79 Å². The molecule has 10 heavy (non-hydrogen) atoms. The van der Waals surface area contributed by atoms with Crippen molar-refractivity contribution in [3.8, 4) is 0 Å². The molecule has 0 saturated heterocycles. The molecule has 1 heteroatoms. The van der Waals surface area contributed by atoms with E-state index in [0.717, 1.165) is 25.5 Å². The molecule has 56 valence electrons. The maximum Gasteiger partial charge on any atom is 0.126 e. The lowest BCUT2D eigenvalue weighted by molar-refractivity contribution is -0.112. The molecule has 1 rings (SSSR count). The van der Waals surface area contributed by atoms with E-state index in [0.29, 0.717) is 0 Å². The van der Waals surface area contributed by atoms with Crippen molar-refractivity contribution in [2.45, 2.75) is 33.1 Å². The number of carbonyl (C=O) groups excluding carboxylic acids is 1. The van der Waals surface area contributed by atoms with Crippen LogP contribution in [0.4, 0.5) is 0 Å². The van der Waals surface area contributed by atoms with Crippen LogP contribution < -0.4 is 0 Å². The van der Waals surface area contributed by atoms with E-state index < -0.39 is 0 Å². The molecule has 0 atom stereocenters. The molecule has 1 saturated carbocycles. The van der Waals surface area contributed by atoms with Crippen LogP contribution in [0.5, 0.6) is 0 Å². The number of allylic oxidation sites excluding steroid dienone is 2. The third kappa shape index (κ3) is 1.69. The molecule has 0 N–H and O–H groups in total. The second-order valence-electron chi connectivity index (χ2n) is 3.47. The predicted octanol–water partition coefficient (Wildman–Crippen LogP) is 2.32. The first-order valence-corrected chi connectivity index (χ1v) is 3.78. The molecular formula is C9H14O. The standard InChI is InChI=1S/C9H14O/c1-8(2)3-4-9(7-10)5-6-9/h3,7H,4-6H2,1-2H3. The van der Waals surface area contributed by atoms with Crippen LogP contribution in [0.1, 0.15) is 33.1 Å². The number of carbonyl (C=O) groups is 1. The maximum absolute atomic E-state index is 10.5. The molecular weight excluding hydrogens is 124 g/mol. The molecule has 0 aliphatic heterocycles. The first kappa shape index (κ1) is 7.52. The highest BCUT2D eigenvalue weighted by Crippen LogP contribution is 2.47. The van der Waals surface area contributed by atoms with Crippen LogP contribution in [0.15, 0.2) is 11.6 Å². The van der Waals surface area contributed by atoms with E-state index >= 15 is 0 Å². The number of hydrogen-bond donors (Lipinski definition) is 0. The third-order valence-electron chi connectivity index (χ3n) is 2.06. The maximum atomic E-state index is 10.5. The summed E-state index contributed by atoms with van der Waals surface area (Å²) in [7, 11) is 0. The molecule has 0 spiro atoms. The van der Waals surface area contributed by atoms with E-state index in [2.05, 4.69) is 19.9 Å². The van der Waals surface area contributed by atoms with Crippen LogP contribution in [-0.4, -0.2) is 6.29 Å². The van der Waals surface area contributed by atoms with E-state index in [1.54, 1.807) is 0 Å². The Morgan fingerprint density at radius 1 is 1.50 bits per heavy atom. The SMILES string of the molecule is CC(C)=CCC1(C=O)CC1. The fourth-order valence-corrected chi connectivity index (χ4v) is 0.938. The minimum atomic E-state index is 0.0667. The highest BCUT2D eigenvalue weighted by Gasteiger charge is 2.41.